The van der Waals surface area contributed by atoms with Crippen LogP contribution in [-0.2, 0) is 23.9 Å². The topological polar surface area (TPSA) is 120 Å². The summed E-state index contributed by atoms with van der Waals surface area (Å²) in [5, 5.41) is 15.6. The Bertz CT molecular complexity index is 710. The van der Waals surface area contributed by atoms with Crippen molar-refractivity contribution < 1.29 is 29.0 Å². The second-order valence-corrected chi connectivity index (χ2v) is 8.91. The molecule has 0 aromatic carbocycles. The molecule has 0 aromatic heterocycles. The van der Waals surface area contributed by atoms with Crippen LogP contribution in [0.4, 0.5) is 0 Å². The number of nitrogens with one attached hydrogen (secondary N) is 2. The van der Waals surface area contributed by atoms with Crippen molar-refractivity contribution in [2.75, 3.05) is 53.0 Å². The molecule has 10 heteroatoms. The van der Waals surface area contributed by atoms with Gasteiger partial charge in [0.1, 0.15) is 11.6 Å². The van der Waals surface area contributed by atoms with E-state index in [4.69, 9.17) is 9.47 Å². The predicted octanol–water partition coefficient (Wildman–Crippen LogP) is -1.67. The smallest absolute Gasteiger partial charge is 0.245 e. The molecule has 6 atom stereocenters. The van der Waals surface area contributed by atoms with Gasteiger partial charge in [-0.1, -0.05) is 6.92 Å². The van der Waals surface area contributed by atoms with Gasteiger partial charge in [0.05, 0.1) is 43.8 Å². The van der Waals surface area contributed by atoms with Crippen molar-refractivity contribution in [1.82, 2.24) is 20.4 Å². The van der Waals surface area contributed by atoms with Crippen LogP contribution in [0.2, 0.25) is 0 Å². The van der Waals surface area contributed by atoms with Gasteiger partial charge in [-0.05, 0) is 19.3 Å². The highest BCUT2D eigenvalue weighted by atomic mass is 16.5. The zero-order valence-electron chi connectivity index (χ0n) is 18.3. The number of fused-ring (bicyclic) bond motifs is 1. The molecular formula is C21H34N4O6. The summed E-state index contributed by atoms with van der Waals surface area (Å²) >= 11 is 0. The minimum Gasteiger partial charge on any atom is -0.394 e. The van der Waals surface area contributed by atoms with Crippen molar-refractivity contribution in [3.63, 3.8) is 0 Å². The van der Waals surface area contributed by atoms with Gasteiger partial charge in [0.15, 0.2) is 0 Å². The van der Waals surface area contributed by atoms with Gasteiger partial charge in [0.2, 0.25) is 17.7 Å². The zero-order valence-corrected chi connectivity index (χ0v) is 18.3. The van der Waals surface area contributed by atoms with Crippen LogP contribution < -0.4 is 10.6 Å². The summed E-state index contributed by atoms with van der Waals surface area (Å²) in [6.45, 7) is 5.83. The molecule has 0 aromatic rings. The fraction of sp³-hybridized carbons (Fsp3) is 0.857. The third-order valence-electron chi connectivity index (χ3n) is 7.44. The van der Waals surface area contributed by atoms with Crippen molar-refractivity contribution in [3.8, 4) is 0 Å². The molecule has 1 spiro atoms. The maximum Gasteiger partial charge on any atom is 0.245 e. The van der Waals surface area contributed by atoms with E-state index in [1.165, 1.54) is 4.90 Å². The average molecular weight is 439 g/mol. The molecule has 31 heavy (non-hydrogen) atoms. The summed E-state index contributed by atoms with van der Waals surface area (Å²) < 4.78 is 11.7. The number of aliphatic hydroxyl groups is 1. The lowest BCUT2D eigenvalue weighted by molar-refractivity contribution is -0.145. The number of hydrogen-bond donors (Lipinski definition) is 3. The number of carbonyl (C=O) groups excluding carboxylic acids is 3. The highest BCUT2D eigenvalue weighted by molar-refractivity contribution is 5.99. The summed E-state index contributed by atoms with van der Waals surface area (Å²) in [5.74, 6) is -2.05. The fourth-order valence-electron chi connectivity index (χ4n) is 5.92. The summed E-state index contributed by atoms with van der Waals surface area (Å²) in [6, 6.07) is -1.33. The van der Waals surface area contributed by atoms with E-state index >= 15 is 0 Å². The minimum absolute atomic E-state index is 0.227. The van der Waals surface area contributed by atoms with Gasteiger partial charge in [-0.25, -0.2) is 0 Å². The Balaban J connectivity index is 1.56. The number of rotatable bonds is 8. The number of ether oxygens (including phenoxy) is 2. The monoisotopic (exact) mass is 438 g/mol. The second-order valence-electron chi connectivity index (χ2n) is 8.91. The molecule has 4 heterocycles. The second kappa shape index (κ2) is 9.01. The summed E-state index contributed by atoms with van der Waals surface area (Å²) in [6.07, 6.45) is 1.36. The molecule has 2 bridgehead atoms. The first-order valence-electron chi connectivity index (χ1n) is 11.4. The first kappa shape index (κ1) is 22.4. The molecule has 0 radical (unpaired) electrons. The predicted molar refractivity (Wildman–Crippen MR) is 110 cm³/mol. The molecule has 0 aliphatic carbocycles. The van der Waals surface area contributed by atoms with Crippen LogP contribution in [0.1, 0.15) is 26.2 Å². The van der Waals surface area contributed by atoms with Crippen LogP contribution in [0.25, 0.3) is 0 Å². The van der Waals surface area contributed by atoms with Gasteiger partial charge in [0.25, 0.3) is 0 Å². The Hall–Kier alpha value is -1.75. The van der Waals surface area contributed by atoms with E-state index in [0.717, 1.165) is 13.1 Å². The maximum atomic E-state index is 13.6. The van der Waals surface area contributed by atoms with E-state index in [-0.39, 0.29) is 30.4 Å². The lowest BCUT2D eigenvalue weighted by Gasteiger charge is -2.36. The number of amides is 3. The molecule has 4 aliphatic heterocycles. The molecule has 174 valence electrons. The van der Waals surface area contributed by atoms with Gasteiger partial charge < -0.3 is 30.1 Å². The molecule has 3 N–H and O–H groups in total. The van der Waals surface area contributed by atoms with Crippen molar-refractivity contribution in [2.24, 2.45) is 11.8 Å². The van der Waals surface area contributed by atoms with E-state index in [1.807, 2.05) is 6.92 Å². The normalized spacial score (nSPS) is 35.8. The number of aliphatic hydroxyl groups excluding tert-OH is 1. The summed E-state index contributed by atoms with van der Waals surface area (Å²) in [5.41, 5.74) is -1.01. The highest BCUT2D eigenvalue weighted by Crippen LogP contribution is 2.58. The molecule has 4 fully saturated rings. The standard InChI is InChI=1S/C21H34N4O6/c1-3-13(12-26)25-17(19(28)23-6-7-24-8-10-30-11-9-24)21-5-4-14(31-21)15(18(27)22-2)16(21)20(25)29/h13-17,26H,3-12H2,1-2H3,(H,22,27)(H,23,28)/t13-,14-,15+,16-,17?,21?/m0/s1. The first-order chi connectivity index (χ1) is 15.0. The maximum absolute atomic E-state index is 13.6. The van der Waals surface area contributed by atoms with Crippen LogP contribution in [0.3, 0.4) is 0 Å². The Morgan fingerprint density at radius 1 is 1.29 bits per heavy atom. The van der Waals surface area contributed by atoms with E-state index in [2.05, 4.69) is 15.5 Å². The first-order valence-corrected chi connectivity index (χ1v) is 11.4. The molecule has 4 saturated heterocycles. The quantitative estimate of drug-likeness (QED) is 0.414. The van der Waals surface area contributed by atoms with Gasteiger partial charge in [-0.15, -0.1) is 0 Å². The Labute approximate surface area is 182 Å². The van der Waals surface area contributed by atoms with Crippen molar-refractivity contribution in [1.29, 1.82) is 0 Å². The Kier molecular flexibility index (Phi) is 6.52. The third kappa shape index (κ3) is 3.63. The van der Waals surface area contributed by atoms with E-state index in [0.29, 0.717) is 45.6 Å². The molecule has 4 rings (SSSR count). The van der Waals surface area contributed by atoms with Crippen molar-refractivity contribution in [3.05, 3.63) is 0 Å². The molecule has 10 nitrogen and oxygen atoms in total. The number of nitrogens with zero attached hydrogens (tertiary/aromatic N) is 2. The van der Waals surface area contributed by atoms with Gasteiger partial charge >= 0.3 is 0 Å². The lowest BCUT2D eigenvalue weighted by atomic mass is 9.70. The molecule has 3 amide bonds. The Morgan fingerprint density at radius 3 is 2.68 bits per heavy atom. The molecule has 2 unspecified atom stereocenters. The Morgan fingerprint density at radius 2 is 2.03 bits per heavy atom. The molecule has 0 saturated carbocycles. The van der Waals surface area contributed by atoms with Gasteiger partial charge in [-0.3, -0.25) is 19.3 Å². The third-order valence-corrected chi connectivity index (χ3v) is 7.44. The number of hydrogen-bond acceptors (Lipinski definition) is 7. The van der Waals surface area contributed by atoms with Gasteiger partial charge in [0, 0.05) is 33.2 Å². The minimum atomic E-state index is -1.01. The van der Waals surface area contributed by atoms with Crippen LogP contribution in [0, 0.1) is 11.8 Å². The van der Waals surface area contributed by atoms with Crippen molar-refractivity contribution >= 4 is 17.7 Å². The summed E-state index contributed by atoms with van der Waals surface area (Å²) in [7, 11) is 1.55. The van der Waals surface area contributed by atoms with E-state index in [9.17, 15) is 19.5 Å². The lowest BCUT2D eigenvalue weighted by Crippen LogP contribution is -2.58. The largest absolute Gasteiger partial charge is 0.394 e. The van der Waals surface area contributed by atoms with Crippen molar-refractivity contribution in [2.45, 2.75) is 50.0 Å². The van der Waals surface area contributed by atoms with Crippen LogP contribution in [-0.4, -0.2) is 109 Å². The molecular weight excluding hydrogens is 404 g/mol. The average Bonchev–Trinajstić information content (AvgIpc) is 3.43. The zero-order chi connectivity index (χ0) is 22.2. The number of likely N-dealkylation sites (tertiary alicyclic amines) is 1. The number of carbonyl (C=O) groups is 3. The summed E-state index contributed by atoms with van der Waals surface area (Å²) in [4.78, 5) is 43.3. The highest BCUT2D eigenvalue weighted by Gasteiger charge is 2.74. The van der Waals surface area contributed by atoms with E-state index < -0.39 is 29.5 Å². The SMILES string of the molecule is CC[C@@H](CO)N1C(=O)[C@@H]2[C@H](C(=O)NC)[C@@H]3CCC2(O3)C1C(=O)NCCN1CCOCC1. The van der Waals surface area contributed by atoms with Gasteiger partial charge in [-0.2, -0.15) is 0 Å². The number of morpholine rings is 1. The van der Waals surface area contributed by atoms with E-state index in [1.54, 1.807) is 7.05 Å². The molecule has 4 aliphatic rings. The van der Waals surface area contributed by atoms with Crippen LogP contribution >= 0.6 is 0 Å². The van der Waals surface area contributed by atoms with Crippen LogP contribution in [0.15, 0.2) is 0 Å². The van der Waals surface area contributed by atoms with Crippen LogP contribution in [0.5, 0.6) is 0 Å². The fourth-order valence-corrected chi connectivity index (χ4v) is 5.92.